The summed E-state index contributed by atoms with van der Waals surface area (Å²) in [6.45, 7) is 6.14. The number of benzene rings is 2. The molecule has 31 heavy (non-hydrogen) atoms. The van der Waals surface area contributed by atoms with Gasteiger partial charge in [0.15, 0.2) is 0 Å². The van der Waals surface area contributed by atoms with E-state index in [0.29, 0.717) is 5.95 Å². The van der Waals surface area contributed by atoms with E-state index in [1.54, 1.807) is 18.2 Å². The molecule has 0 fully saturated rings. The van der Waals surface area contributed by atoms with E-state index in [1.165, 1.54) is 0 Å². The number of methoxy groups -OCH3 is 1. The van der Waals surface area contributed by atoms with Gasteiger partial charge in [-0.25, -0.2) is 9.97 Å². The highest BCUT2D eigenvalue weighted by Crippen LogP contribution is 2.39. The second-order valence-corrected chi connectivity index (χ2v) is 7.90. The van der Waals surface area contributed by atoms with Crippen molar-refractivity contribution in [3.63, 3.8) is 0 Å². The van der Waals surface area contributed by atoms with E-state index in [0.717, 1.165) is 34.1 Å². The molecule has 7 heteroatoms. The summed E-state index contributed by atoms with van der Waals surface area (Å²) < 4.78 is 5.32. The van der Waals surface area contributed by atoms with E-state index in [1.807, 2.05) is 56.4 Å². The molecule has 160 valence electrons. The van der Waals surface area contributed by atoms with Crippen molar-refractivity contribution in [2.75, 3.05) is 29.3 Å². The van der Waals surface area contributed by atoms with Crippen LogP contribution in [0.4, 0.5) is 23.0 Å². The summed E-state index contributed by atoms with van der Waals surface area (Å²) in [5, 5.41) is 3.31. The van der Waals surface area contributed by atoms with Crippen LogP contribution >= 0.6 is 0 Å². The van der Waals surface area contributed by atoms with Crippen molar-refractivity contribution < 1.29 is 9.53 Å². The Morgan fingerprint density at radius 3 is 2.65 bits per heavy atom. The third-order valence-electron chi connectivity index (χ3n) is 5.55. The molecule has 0 saturated carbocycles. The van der Waals surface area contributed by atoms with Gasteiger partial charge in [-0.3, -0.25) is 4.79 Å². The topological polar surface area (TPSA) is 70.6 Å². The van der Waals surface area contributed by atoms with Crippen molar-refractivity contribution in [1.82, 2.24) is 9.97 Å². The summed E-state index contributed by atoms with van der Waals surface area (Å²) in [6.07, 6.45) is 1.73. The van der Waals surface area contributed by atoms with Gasteiger partial charge in [0.25, 0.3) is 0 Å². The van der Waals surface area contributed by atoms with Crippen LogP contribution in [0.3, 0.4) is 0 Å². The first-order valence-corrected chi connectivity index (χ1v) is 10.3. The Balaban J connectivity index is 1.66. The van der Waals surface area contributed by atoms with E-state index in [4.69, 9.17) is 4.74 Å². The van der Waals surface area contributed by atoms with E-state index in [-0.39, 0.29) is 18.0 Å². The maximum atomic E-state index is 12.6. The average molecular weight is 418 g/mol. The third-order valence-corrected chi connectivity index (χ3v) is 5.55. The Labute approximate surface area is 182 Å². The predicted molar refractivity (Wildman–Crippen MR) is 124 cm³/mol. The number of hydrogen-bond donors (Lipinski definition) is 1. The minimum absolute atomic E-state index is 0.0937. The lowest BCUT2D eigenvalue weighted by molar-refractivity contribution is -0.119. The fraction of sp³-hybridized carbons (Fsp3) is 0.292. The summed E-state index contributed by atoms with van der Waals surface area (Å²) in [6, 6.07) is 15.6. The van der Waals surface area contributed by atoms with E-state index in [9.17, 15) is 4.79 Å². The zero-order chi connectivity index (χ0) is 22.1. The Morgan fingerprint density at radius 1 is 1.10 bits per heavy atom. The summed E-state index contributed by atoms with van der Waals surface area (Å²) in [5.41, 5.74) is 4.53. The maximum absolute atomic E-state index is 12.6. The number of carbonyl (C=O) groups excluding carboxylic acids is 1. The zero-order valence-electron chi connectivity index (χ0n) is 18.5. The molecule has 1 aromatic heterocycles. The minimum atomic E-state index is -0.222. The van der Waals surface area contributed by atoms with Gasteiger partial charge in [0, 0.05) is 30.5 Å². The lowest BCUT2D eigenvalue weighted by Crippen LogP contribution is -2.53. The number of nitrogens with zero attached hydrogens (tertiary/aromatic N) is 4. The first-order chi connectivity index (χ1) is 14.9. The highest BCUT2D eigenvalue weighted by atomic mass is 16.5. The second-order valence-electron chi connectivity index (χ2n) is 7.90. The number of anilines is 4. The van der Waals surface area contributed by atoms with Crippen molar-refractivity contribution in [3.8, 4) is 17.0 Å². The van der Waals surface area contributed by atoms with Gasteiger partial charge < -0.3 is 19.9 Å². The van der Waals surface area contributed by atoms with Crippen LogP contribution in [0.15, 0.2) is 54.7 Å². The maximum Gasteiger partial charge on any atom is 0.249 e. The molecule has 1 aliphatic heterocycles. The molecule has 1 aliphatic rings. The average Bonchev–Trinajstić information content (AvgIpc) is 2.77. The smallest absolute Gasteiger partial charge is 0.249 e. The molecule has 0 spiro atoms. The van der Waals surface area contributed by atoms with Gasteiger partial charge in [-0.1, -0.05) is 12.1 Å². The number of fused-ring (bicyclic) bond motifs is 1. The van der Waals surface area contributed by atoms with Crippen molar-refractivity contribution in [1.29, 1.82) is 0 Å². The van der Waals surface area contributed by atoms with Gasteiger partial charge in [0.1, 0.15) is 11.8 Å². The number of rotatable bonds is 5. The standard InChI is InChI=1S/C24H27N5O2/c1-15(2)29-16(3)23(30)28(4)21-10-9-18(14-22(21)29)26-24-25-12-11-20(27-24)17-7-6-8-19(13-17)31-5/h6-16H,1-5H3,(H,25,26,27)/t16-/m1/s1. The SMILES string of the molecule is COc1cccc(-c2ccnc(Nc3ccc4c(c3)N(C(C)C)[C@H](C)C(=O)N4C)n2)c1. The van der Waals surface area contributed by atoms with Crippen LogP contribution in [0.1, 0.15) is 20.8 Å². The van der Waals surface area contributed by atoms with E-state index >= 15 is 0 Å². The quantitative estimate of drug-likeness (QED) is 0.660. The minimum Gasteiger partial charge on any atom is -0.497 e. The molecule has 0 unspecified atom stereocenters. The van der Waals surface area contributed by atoms with Crippen LogP contribution < -0.4 is 19.9 Å². The zero-order valence-corrected chi connectivity index (χ0v) is 18.5. The lowest BCUT2D eigenvalue weighted by Gasteiger charge is -2.42. The third kappa shape index (κ3) is 3.91. The van der Waals surface area contributed by atoms with Gasteiger partial charge in [0.05, 0.1) is 24.2 Å². The van der Waals surface area contributed by atoms with Crippen LogP contribution in [0.5, 0.6) is 5.75 Å². The molecule has 0 radical (unpaired) electrons. The van der Waals surface area contributed by atoms with Crippen LogP contribution in [-0.4, -0.2) is 42.1 Å². The number of likely N-dealkylation sites (N-methyl/N-ethyl adjacent to an activating group) is 1. The van der Waals surface area contributed by atoms with Gasteiger partial charge >= 0.3 is 0 Å². The van der Waals surface area contributed by atoms with Gasteiger partial charge in [-0.2, -0.15) is 0 Å². The summed E-state index contributed by atoms with van der Waals surface area (Å²) in [4.78, 5) is 25.6. The number of nitrogens with one attached hydrogen (secondary N) is 1. The molecule has 0 saturated heterocycles. The Hall–Kier alpha value is -3.61. The summed E-state index contributed by atoms with van der Waals surface area (Å²) >= 11 is 0. The van der Waals surface area contributed by atoms with Crippen molar-refractivity contribution in [2.45, 2.75) is 32.9 Å². The van der Waals surface area contributed by atoms with Crippen molar-refractivity contribution in [3.05, 3.63) is 54.7 Å². The Bertz CT molecular complexity index is 1110. The molecule has 7 nitrogen and oxygen atoms in total. The second kappa shape index (κ2) is 8.26. The van der Waals surface area contributed by atoms with Crippen molar-refractivity contribution in [2.24, 2.45) is 0 Å². The molecule has 1 atom stereocenters. The number of aromatic nitrogens is 2. The normalized spacial score (nSPS) is 15.8. The molecule has 2 aromatic carbocycles. The number of hydrogen-bond acceptors (Lipinski definition) is 6. The molecule has 2 heterocycles. The fourth-order valence-electron chi connectivity index (χ4n) is 4.03. The van der Waals surface area contributed by atoms with E-state index < -0.39 is 0 Å². The predicted octanol–water partition coefficient (Wildman–Crippen LogP) is 4.48. The van der Waals surface area contributed by atoms with E-state index in [2.05, 4.69) is 40.1 Å². The first kappa shape index (κ1) is 20.7. The molecule has 3 aromatic rings. The van der Waals surface area contributed by atoms with Crippen LogP contribution in [-0.2, 0) is 4.79 Å². The highest BCUT2D eigenvalue weighted by Gasteiger charge is 2.34. The molecular weight excluding hydrogens is 390 g/mol. The monoisotopic (exact) mass is 417 g/mol. The molecular formula is C24H27N5O2. The molecule has 1 amide bonds. The van der Waals surface area contributed by atoms with Crippen LogP contribution in [0.2, 0.25) is 0 Å². The van der Waals surface area contributed by atoms with Gasteiger partial charge in [-0.05, 0) is 57.2 Å². The Morgan fingerprint density at radius 2 is 1.90 bits per heavy atom. The molecule has 1 N–H and O–H groups in total. The van der Waals surface area contributed by atoms with Gasteiger partial charge in [-0.15, -0.1) is 0 Å². The fourth-order valence-corrected chi connectivity index (χ4v) is 4.03. The number of ether oxygens (including phenoxy) is 1. The van der Waals surface area contributed by atoms with Crippen molar-refractivity contribution >= 4 is 28.9 Å². The first-order valence-electron chi connectivity index (χ1n) is 10.3. The molecule has 0 aliphatic carbocycles. The highest BCUT2D eigenvalue weighted by molar-refractivity contribution is 6.05. The number of carbonyl (C=O) groups is 1. The lowest BCUT2D eigenvalue weighted by atomic mass is 10.0. The number of amides is 1. The van der Waals surface area contributed by atoms with Gasteiger partial charge in [0.2, 0.25) is 11.9 Å². The Kier molecular flexibility index (Phi) is 5.50. The molecule has 0 bridgehead atoms. The van der Waals surface area contributed by atoms with Crippen LogP contribution in [0, 0.1) is 0 Å². The summed E-state index contributed by atoms with van der Waals surface area (Å²) in [5.74, 6) is 1.38. The summed E-state index contributed by atoms with van der Waals surface area (Å²) in [7, 11) is 3.47. The largest absolute Gasteiger partial charge is 0.497 e. The van der Waals surface area contributed by atoms with Crippen LogP contribution in [0.25, 0.3) is 11.3 Å². The molecule has 4 rings (SSSR count).